The monoisotopic (exact) mass is 323 g/mol. The lowest BCUT2D eigenvalue weighted by molar-refractivity contribution is 0.0912. The Morgan fingerprint density at radius 3 is 3.00 bits per heavy atom. The van der Waals surface area contributed by atoms with Crippen LogP contribution in [0.5, 0.6) is 0 Å². The van der Waals surface area contributed by atoms with Crippen molar-refractivity contribution in [1.82, 2.24) is 14.9 Å². The highest BCUT2D eigenvalue weighted by Crippen LogP contribution is 2.12. The second kappa shape index (κ2) is 5.99. The third-order valence-corrected chi connectivity index (χ3v) is 3.18. The molecule has 100 valence electrons. The Morgan fingerprint density at radius 2 is 2.37 bits per heavy atom. The second-order valence-electron chi connectivity index (χ2n) is 4.16. The molecule has 0 aliphatic rings. The maximum atomic E-state index is 11.9. The van der Waals surface area contributed by atoms with E-state index in [1.165, 1.54) is 6.20 Å². The van der Waals surface area contributed by atoms with Crippen molar-refractivity contribution in [3.05, 3.63) is 52.5 Å². The Balaban J connectivity index is 1.96. The van der Waals surface area contributed by atoms with Crippen molar-refractivity contribution in [3.63, 3.8) is 0 Å². The second-order valence-corrected chi connectivity index (χ2v) is 5.08. The molecule has 0 bridgehead atoms. The molecule has 2 heterocycles. The Bertz CT molecular complexity index is 583. The zero-order valence-corrected chi connectivity index (χ0v) is 12.0. The largest absolute Gasteiger partial charge is 0.385 e. The van der Waals surface area contributed by atoms with E-state index in [0.717, 1.165) is 10.2 Å². The number of hydrogen-bond donors (Lipinski definition) is 2. The summed E-state index contributed by atoms with van der Waals surface area (Å²) in [5.74, 6) is -0.262. The minimum Gasteiger partial charge on any atom is -0.385 e. The standard InChI is InChI=1S/C13H14BrN3O2/c1-17-4-2-3-11(17)12(18)8-16-13(19)9-5-10(14)7-15-6-9/h2-7,12,18H,8H2,1H3,(H,16,19)/t12-/m1/s1. The minimum atomic E-state index is -0.732. The maximum Gasteiger partial charge on any atom is 0.252 e. The molecule has 0 spiro atoms. The number of aryl methyl sites for hydroxylation is 1. The van der Waals surface area contributed by atoms with Gasteiger partial charge < -0.3 is 15.0 Å². The number of carbonyl (C=O) groups excluding carboxylic acids is 1. The van der Waals surface area contributed by atoms with Crippen LogP contribution in [0.3, 0.4) is 0 Å². The normalized spacial score (nSPS) is 12.2. The molecule has 1 atom stereocenters. The SMILES string of the molecule is Cn1cccc1[C@H](O)CNC(=O)c1cncc(Br)c1. The summed E-state index contributed by atoms with van der Waals surface area (Å²) in [7, 11) is 1.85. The summed E-state index contributed by atoms with van der Waals surface area (Å²) in [5, 5.41) is 12.7. The quantitative estimate of drug-likeness (QED) is 0.899. The molecule has 2 rings (SSSR count). The first-order valence-electron chi connectivity index (χ1n) is 5.76. The molecule has 2 aromatic heterocycles. The lowest BCUT2D eigenvalue weighted by Gasteiger charge is -2.13. The van der Waals surface area contributed by atoms with Crippen molar-refractivity contribution in [2.24, 2.45) is 7.05 Å². The maximum absolute atomic E-state index is 11.9. The number of halogens is 1. The van der Waals surface area contributed by atoms with E-state index in [1.807, 2.05) is 29.9 Å². The number of aliphatic hydroxyl groups excluding tert-OH is 1. The Kier molecular flexibility index (Phi) is 4.34. The van der Waals surface area contributed by atoms with Gasteiger partial charge in [-0.05, 0) is 34.1 Å². The number of rotatable bonds is 4. The number of pyridine rings is 1. The molecule has 0 saturated heterocycles. The average Bonchev–Trinajstić information content (AvgIpc) is 2.82. The van der Waals surface area contributed by atoms with Gasteiger partial charge >= 0.3 is 0 Å². The molecule has 0 radical (unpaired) electrons. The molecular formula is C13H14BrN3O2. The molecule has 19 heavy (non-hydrogen) atoms. The number of aromatic nitrogens is 2. The van der Waals surface area contributed by atoms with Gasteiger partial charge in [-0.2, -0.15) is 0 Å². The molecule has 0 saturated carbocycles. The van der Waals surface area contributed by atoms with Crippen molar-refractivity contribution >= 4 is 21.8 Å². The fourth-order valence-electron chi connectivity index (χ4n) is 1.75. The highest BCUT2D eigenvalue weighted by Gasteiger charge is 2.13. The molecule has 5 nitrogen and oxygen atoms in total. The number of amides is 1. The number of nitrogens with one attached hydrogen (secondary N) is 1. The number of carbonyl (C=O) groups is 1. The van der Waals surface area contributed by atoms with Gasteiger partial charge in [-0.3, -0.25) is 9.78 Å². The first-order chi connectivity index (χ1) is 9.08. The van der Waals surface area contributed by atoms with E-state index >= 15 is 0 Å². The van der Waals surface area contributed by atoms with E-state index in [4.69, 9.17) is 0 Å². The Labute approximate surface area is 119 Å². The molecule has 0 unspecified atom stereocenters. The molecular weight excluding hydrogens is 310 g/mol. The Morgan fingerprint density at radius 1 is 1.58 bits per heavy atom. The number of aliphatic hydroxyl groups is 1. The van der Waals surface area contributed by atoms with Crippen molar-refractivity contribution < 1.29 is 9.90 Å². The zero-order valence-electron chi connectivity index (χ0n) is 10.4. The lowest BCUT2D eigenvalue weighted by Crippen LogP contribution is -2.29. The highest BCUT2D eigenvalue weighted by molar-refractivity contribution is 9.10. The van der Waals surface area contributed by atoms with E-state index in [9.17, 15) is 9.90 Å². The smallest absolute Gasteiger partial charge is 0.252 e. The van der Waals surface area contributed by atoms with E-state index in [0.29, 0.717) is 5.56 Å². The average molecular weight is 324 g/mol. The van der Waals surface area contributed by atoms with E-state index in [1.54, 1.807) is 12.3 Å². The third kappa shape index (κ3) is 3.42. The zero-order chi connectivity index (χ0) is 13.8. The summed E-state index contributed by atoms with van der Waals surface area (Å²) in [6, 6.07) is 5.34. The molecule has 2 N–H and O–H groups in total. The molecule has 0 aliphatic heterocycles. The van der Waals surface area contributed by atoms with Crippen molar-refractivity contribution in [3.8, 4) is 0 Å². The first-order valence-corrected chi connectivity index (χ1v) is 6.55. The van der Waals surface area contributed by atoms with Crippen LogP contribution >= 0.6 is 15.9 Å². The van der Waals surface area contributed by atoms with Crippen molar-refractivity contribution in [1.29, 1.82) is 0 Å². The van der Waals surface area contributed by atoms with Crippen LogP contribution in [0.15, 0.2) is 41.3 Å². The van der Waals surface area contributed by atoms with Crippen LogP contribution in [-0.4, -0.2) is 27.1 Å². The van der Waals surface area contributed by atoms with Gasteiger partial charge in [0.1, 0.15) is 6.10 Å². The van der Waals surface area contributed by atoms with Gasteiger partial charge in [0.15, 0.2) is 0 Å². The summed E-state index contributed by atoms with van der Waals surface area (Å²) in [5.41, 5.74) is 1.21. The van der Waals surface area contributed by atoms with Crippen LogP contribution in [0.4, 0.5) is 0 Å². The predicted octanol–water partition coefficient (Wildman–Crippen LogP) is 1.65. The summed E-state index contributed by atoms with van der Waals surface area (Å²) in [6.45, 7) is 0.156. The fourth-order valence-corrected chi connectivity index (χ4v) is 2.12. The molecule has 0 fully saturated rings. The van der Waals surface area contributed by atoms with Gasteiger partial charge in [-0.15, -0.1) is 0 Å². The van der Waals surface area contributed by atoms with Crippen LogP contribution in [0.25, 0.3) is 0 Å². The van der Waals surface area contributed by atoms with E-state index < -0.39 is 6.10 Å². The summed E-state index contributed by atoms with van der Waals surface area (Å²) in [6.07, 6.45) is 4.20. The summed E-state index contributed by atoms with van der Waals surface area (Å²) in [4.78, 5) is 15.8. The van der Waals surface area contributed by atoms with Crippen LogP contribution in [0.2, 0.25) is 0 Å². The number of nitrogens with zero attached hydrogens (tertiary/aromatic N) is 2. The minimum absolute atomic E-state index is 0.156. The van der Waals surface area contributed by atoms with E-state index in [2.05, 4.69) is 26.2 Å². The highest BCUT2D eigenvalue weighted by atomic mass is 79.9. The molecule has 0 aromatic carbocycles. The van der Waals surface area contributed by atoms with Crippen LogP contribution in [-0.2, 0) is 7.05 Å². The third-order valence-electron chi connectivity index (χ3n) is 2.75. The van der Waals surface area contributed by atoms with Gasteiger partial charge in [0, 0.05) is 42.3 Å². The molecule has 0 aliphatic carbocycles. The van der Waals surface area contributed by atoms with Crippen LogP contribution < -0.4 is 5.32 Å². The first kappa shape index (κ1) is 13.8. The summed E-state index contributed by atoms with van der Waals surface area (Å²) >= 11 is 3.26. The van der Waals surface area contributed by atoms with Crippen molar-refractivity contribution in [2.45, 2.75) is 6.10 Å². The van der Waals surface area contributed by atoms with Gasteiger partial charge in [-0.1, -0.05) is 0 Å². The molecule has 6 heteroatoms. The fraction of sp³-hybridized carbons (Fsp3) is 0.231. The van der Waals surface area contributed by atoms with Crippen molar-refractivity contribution in [2.75, 3.05) is 6.54 Å². The lowest BCUT2D eigenvalue weighted by atomic mass is 10.2. The summed E-state index contributed by atoms with van der Waals surface area (Å²) < 4.78 is 2.56. The van der Waals surface area contributed by atoms with Crippen LogP contribution in [0.1, 0.15) is 22.2 Å². The van der Waals surface area contributed by atoms with Gasteiger partial charge in [0.25, 0.3) is 5.91 Å². The topological polar surface area (TPSA) is 67.2 Å². The number of hydrogen-bond acceptors (Lipinski definition) is 3. The van der Waals surface area contributed by atoms with Crippen LogP contribution in [0, 0.1) is 0 Å². The van der Waals surface area contributed by atoms with Gasteiger partial charge in [-0.25, -0.2) is 0 Å². The van der Waals surface area contributed by atoms with Gasteiger partial charge in [0.2, 0.25) is 0 Å². The van der Waals surface area contributed by atoms with E-state index in [-0.39, 0.29) is 12.5 Å². The Hall–Kier alpha value is -1.66. The molecule has 1 amide bonds. The van der Waals surface area contributed by atoms with Gasteiger partial charge in [0.05, 0.1) is 5.56 Å². The molecule has 2 aromatic rings. The predicted molar refractivity (Wildman–Crippen MR) is 74.6 cm³/mol.